The van der Waals surface area contributed by atoms with Gasteiger partial charge in [-0.1, -0.05) is 0 Å². The third-order valence-corrected chi connectivity index (χ3v) is 5.37. The highest BCUT2D eigenvalue weighted by molar-refractivity contribution is 6.21. The fourth-order valence-electron chi connectivity index (χ4n) is 3.63. The van der Waals surface area contributed by atoms with E-state index in [0.717, 1.165) is 36.8 Å². The SMILES string of the molecule is O=C(c1c(NC2CCOCC2)oc(C=C2C=Nc3ncccc32)c1O)C1CC1. The number of aromatic nitrogens is 1. The van der Waals surface area contributed by atoms with Crippen molar-refractivity contribution in [3.05, 3.63) is 35.2 Å². The molecular formula is C21H21N3O4. The summed E-state index contributed by atoms with van der Waals surface area (Å²) in [5, 5.41) is 14.1. The Balaban J connectivity index is 1.52. The second-order valence-corrected chi connectivity index (χ2v) is 7.42. The minimum absolute atomic E-state index is 0.0165. The summed E-state index contributed by atoms with van der Waals surface area (Å²) in [5.41, 5.74) is 1.92. The van der Waals surface area contributed by atoms with E-state index in [0.29, 0.717) is 24.9 Å². The minimum Gasteiger partial charge on any atom is -0.504 e. The van der Waals surface area contributed by atoms with E-state index in [1.54, 1.807) is 18.5 Å². The topological polar surface area (TPSA) is 97.0 Å². The summed E-state index contributed by atoms with van der Waals surface area (Å²) in [6.07, 6.45) is 8.48. The van der Waals surface area contributed by atoms with Gasteiger partial charge in [-0.3, -0.25) is 4.79 Å². The van der Waals surface area contributed by atoms with E-state index >= 15 is 0 Å². The number of nitrogens with one attached hydrogen (secondary N) is 1. The molecule has 2 aromatic rings. The summed E-state index contributed by atoms with van der Waals surface area (Å²) in [6, 6.07) is 3.91. The van der Waals surface area contributed by atoms with Crippen molar-refractivity contribution in [2.45, 2.75) is 31.7 Å². The maximum atomic E-state index is 12.8. The summed E-state index contributed by atoms with van der Waals surface area (Å²) in [6.45, 7) is 1.35. The molecule has 0 atom stereocenters. The average Bonchev–Trinajstić information content (AvgIpc) is 3.43. The van der Waals surface area contributed by atoms with E-state index in [9.17, 15) is 9.90 Å². The highest BCUT2D eigenvalue weighted by atomic mass is 16.5. The van der Waals surface area contributed by atoms with Crippen LogP contribution in [0.25, 0.3) is 11.6 Å². The molecule has 7 nitrogen and oxygen atoms in total. The standard InChI is InChI=1S/C21H21N3O4/c25-18(12-3-4-12)17-19(26)16(28-21(17)24-14-5-8-27-9-6-14)10-13-11-23-20-15(13)2-1-7-22-20/h1-2,7,10-12,14,24,26H,3-6,8-9H2. The van der Waals surface area contributed by atoms with E-state index in [1.807, 2.05) is 12.1 Å². The lowest BCUT2D eigenvalue weighted by Crippen LogP contribution is -2.28. The molecule has 28 heavy (non-hydrogen) atoms. The molecule has 1 saturated carbocycles. The molecule has 0 bridgehead atoms. The highest BCUT2D eigenvalue weighted by Gasteiger charge is 2.37. The Hall–Kier alpha value is -2.93. The molecule has 1 saturated heterocycles. The van der Waals surface area contributed by atoms with Crippen molar-refractivity contribution in [3.63, 3.8) is 0 Å². The number of ketones is 1. The number of furan rings is 1. The number of aliphatic imine (C=N–C) groups is 1. The van der Waals surface area contributed by atoms with Gasteiger partial charge in [0.15, 0.2) is 23.1 Å². The van der Waals surface area contributed by atoms with Gasteiger partial charge in [0, 0.05) is 48.7 Å². The highest BCUT2D eigenvalue weighted by Crippen LogP contribution is 2.43. The second-order valence-electron chi connectivity index (χ2n) is 7.42. The van der Waals surface area contributed by atoms with Crippen LogP contribution in [0.5, 0.6) is 5.75 Å². The van der Waals surface area contributed by atoms with Crippen LogP contribution in [0.2, 0.25) is 0 Å². The summed E-state index contributed by atoms with van der Waals surface area (Å²) < 4.78 is 11.3. The van der Waals surface area contributed by atoms with E-state index in [4.69, 9.17) is 9.15 Å². The maximum absolute atomic E-state index is 12.8. The largest absolute Gasteiger partial charge is 0.504 e. The fourth-order valence-corrected chi connectivity index (χ4v) is 3.63. The zero-order valence-corrected chi connectivity index (χ0v) is 15.4. The molecular weight excluding hydrogens is 358 g/mol. The fraction of sp³-hybridized carbons (Fsp3) is 0.381. The molecule has 144 valence electrons. The number of rotatable bonds is 5. The van der Waals surface area contributed by atoms with Crippen molar-refractivity contribution >= 4 is 35.3 Å². The molecule has 3 aliphatic rings. The Morgan fingerprint density at radius 1 is 1.25 bits per heavy atom. The molecule has 1 aliphatic carbocycles. The number of fused-ring (bicyclic) bond motifs is 1. The molecule has 0 unspecified atom stereocenters. The van der Waals surface area contributed by atoms with Crippen molar-refractivity contribution in [3.8, 4) is 5.75 Å². The number of allylic oxidation sites excluding steroid dienone is 1. The van der Waals surface area contributed by atoms with Gasteiger partial charge in [0.05, 0.1) is 0 Å². The third-order valence-electron chi connectivity index (χ3n) is 5.37. The summed E-state index contributed by atoms with van der Waals surface area (Å²) >= 11 is 0. The van der Waals surface area contributed by atoms with Gasteiger partial charge in [0.2, 0.25) is 5.88 Å². The van der Waals surface area contributed by atoms with Crippen molar-refractivity contribution in [2.24, 2.45) is 10.9 Å². The van der Waals surface area contributed by atoms with Gasteiger partial charge < -0.3 is 19.6 Å². The summed E-state index contributed by atoms with van der Waals surface area (Å²) in [4.78, 5) is 21.3. The lowest BCUT2D eigenvalue weighted by molar-refractivity contribution is 0.0899. The van der Waals surface area contributed by atoms with Gasteiger partial charge in [-0.05, 0) is 43.9 Å². The number of aromatic hydroxyl groups is 1. The van der Waals surface area contributed by atoms with E-state index in [2.05, 4.69) is 15.3 Å². The van der Waals surface area contributed by atoms with Crippen LogP contribution in [0.15, 0.2) is 27.7 Å². The van der Waals surface area contributed by atoms with Crippen LogP contribution in [0.3, 0.4) is 0 Å². The average molecular weight is 379 g/mol. The predicted molar refractivity (Wildman–Crippen MR) is 105 cm³/mol. The van der Waals surface area contributed by atoms with Gasteiger partial charge in [-0.25, -0.2) is 9.98 Å². The van der Waals surface area contributed by atoms with Crippen molar-refractivity contribution in [1.82, 2.24) is 4.98 Å². The molecule has 0 amide bonds. The smallest absolute Gasteiger partial charge is 0.208 e. The molecule has 7 heteroatoms. The van der Waals surface area contributed by atoms with Gasteiger partial charge in [-0.2, -0.15) is 0 Å². The quantitative estimate of drug-likeness (QED) is 0.767. The number of anilines is 1. The van der Waals surface area contributed by atoms with Crippen LogP contribution in [-0.2, 0) is 4.74 Å². The summed E-state index contributed by atoms with van der Waals surface area (Å²) in [7, 11) is 0. The van der Waals surface area contributed by atoms with Gasteiger partial charge in [0.1, 0.15) is 5.56 Å². The first-order valence-corrected chi connectivity index (χ1v) is 9.66. The molecule has 2 aromatic heterocycles. The predicted octanol–water partition coefficient (Wildman–Crippen LogP) is 3.82. The van der Waals surface area contributed by atoms with E-state index in [1.165, 1.54) is 0 Å². The molecule has 0 aromatic carbocycles. The Kier molecular flexibility index (Phi) is 4.24. The lowest BCUT2D eigenvalue weighted by Gasteiger charge is -2.23. The number of ether oxygens (including phenoxy) is 1. The molecule has 2 fully saturated rings. The van der Waals surface area contributed by atoms with Crippen LogP contribution in [-0.4, -0.2) is 41.3 Å². The van der Waals surface area contributed by atoms with Crippen LogP contribution < -0.4 is 5.32 Å². The number of carbonyl (C=O) groups excluding carboxylic acids is 1. The Labute approximate surface area is 162 Å². The van der Waals surface area contributed by atoms with Crippen LogP contribution >= 0.6 is 0 Å². The molecule has 4 heterocycles. The molecule has 0 radical (unpaired) electrons. The minimum atomic E-state index is -0.107. The first kappa shape index (κ1) is 17.2. The lowest BCUT2D eigenvalue weighted by atomic mass is 10.1. The number of nitrogens with zero attached hydrogens (tertiary/aromatic N) is 2. The van der Waals surface area contributed by atoms with E-state index in [-0.39, 0.29) is 34.8 Å². The zero-order chi connectivity index (χ0) is 19.1. The Morgan fingerprint density at radius 3 is 2.86 bits per heavy atom. The number of hydrogen-bond acceptors (Lipinski definition) is 7. The summed E-state index contributed by atoms with van der Waals surface area (Å²) in [5.74, 6) is 1.07. The van der Waals surface area contributed by atoms with Gasteiger partial charge in [-0.15, -0.1) is 0 Å². The van der Waals surface area contributed by atoms with Crippen LogP contribution in [0, 0.1) is 5.92 Å². The van der Waals surface area contributed by atoms with Crippen molar-refractivity contribution in [2.75, 3.05) is 18.5 Å². The maximum Gasteiger partial charge on any atom is 0.208 e. The number of Topliss-reactive ketones (excluding diaryl/α,β-unsaturated/α-hetero) is 1. The first-order valence-electron chi connectivity index (χ1n) is 9.66. The molecule has 0 spiro atoms. The van der Waals surface area contributed by atoms with Crippen LogP contribution in [0.1, 0.15) is 47.4 Å². The normalized spacial score (nSPS) is 20.5. The van der Waals surface area contributed by atoms with E-state index < -0.39 is 0 Å². The Bertz CT molecular complexity index is 982. The number of hydrogen-bond donors (Lipinski definition) is 2. The molecule has 5 rings (SSSR count). The Morgan fingerprint density at radius 2 is 2.07 bits per heavy atom. The van der Waals surface area contributed by atoms with Crippen molar-refractivity contribution in [1.29, 1.82) is 0 Å². The third kappa shape index (κ3) is 3.11. The first-order chi connectivity index (χ1) is 13.7. The molecule has 2 N–H and O–H groups in total. The zero-order valence-electron chi connectivity index (χ0n) is 15.4. The van der Waals surface area contributed by atoms with Crippen LogP contribution in [0.4, 0.5) is 11.7 Å². The van der Waals surface area contributed by atoms with Gasteiger partial charge in [0.25, 0.3) is 0 Å². The van der Waals surface area contributed by atoms with Crippen molar-refractivity contribution < 1.29 is 19.1 Å². The second kappa shape index (κ2) is 6.91. The number of carbonyl (C=O) groups is 1. The molecule has 2 aliphatic heterocycles. The monoisotopic (exact) mass is 379 g/mol. The van der Waals surface area contributed by atoms with Gasteiger partial charge >= 0.3 is 0 Å². The number of pyridine rings is 1.